The van der Waals surface area contributed by atoms with Gasteiger partial charge in [0.15, 0.2) is 0 Å². The monoisotopic (exact) mass is 390 g/mol. The molecule has 3 aromatic carbocycles. The maximum Gasteiger partial charge on any atom is 0.293 e. The third-order valence-corrected chi connectivity index (χ3v) is 3.95. The van der Waals surface area contributed by atoms with Crippen molar-refractivity contribution in [3.8, 4) is 0 Å². The standard InChI is InChI=1S/C21H18N4O4/c1-14(26)22-17-8-5-9-18(13-17)24-21(27)15-10-11-19(20(12-15)25(28)29)23-16-6-3-2-4-7-16/h2-13,23H,1H3,(H,22,26)(H,24,27). The number of nitrogens with one attached hydrogen (secondary N) is 3. The van der Waals surface area contributed by atoms with Gasteiger partial charge >= 0.3 is 0 Å². The lowest BCUT2D eigenvalue weighted by Crippen LogP contribution is -2.13. The highest BCUT2D eigenvalue weighted by Gasteiger charge is 2.18. The van der Waals surface area contributed by atoms with Gasteiger partial charge in [-0.25, -0.2) is 0 Å². The van der Waals surface area contributed by atoms with Crippen molar-refractivity contribution in [2.45, 2.75) is 6.92 Å². The third-order valence-electron chi connectivity index (χ3n) is 3.95. The lowest BCUT2D eigenvalue weighted by Gasteiger charge is -2.10. The van der Waals surface area contributed by atoms with Crippen molar-refractivity contribution in [1.29, 1.82) is 0 Å². The summed E-state index contributed by atoms with van der Waals surface area (Å²) in [6.07, 6.45) is 0. The van der Waals surface area contributed by atoms with E-state index in [1.807, 2.05) is 18.2 Å². The van der Waals surface area contributed by atoms with Crippen LogP contribution in [0.1, 0.15) is 17.3 Å². The number of hydrogen-bond donors (Lipinski definition) is 3. The number of para-hydroxylation sites is 1. The first kappa shape index (κ1) is 19.6. The van der Waals surface area contributed by atoms with Crippen LogP contribution in [-0.4, -0.2) is 16.7 Å². The lowest BCUT2D eigenvalue weighted by molar-refractivity contribution is -0.383. The van der Waals surface area contributed by atoms with Gasteiger partial charge in [0.25, 0.3) is 11.6 Å². The fraction of sp³-hybridized carbons (Fsp3) is 0.0476. The summed E-state index contributed by atoms with van der Waals surface area (Å²) >= 11 is 0. The van der Waals surface area contributed by atoms with Gasteiger partial charge < -0.3 is 16.0 Å². The molecule has 0 radical (unpaired) electrons. The highest BCUT2D eigenvalue weighted by atomic mass is 16.6. The number of nitro groups is 1. The average Bonchev–Trinajstić information content (AvgIpc) is 2.68. The van der Waals surface area contributed by atoms with Crippen molar-refractivity contribution in [2.24, 2.45) is 0 Å². The zero-order valence-electron chi connectivity index (χ0n) is 15.5. The molecule has 0 fully saturated rings. The van der Waals surface area contributed by atoms with E-state index in [1.165, 1.54) is 25.1 Å². The quantitative estimate of drug-likeness (QED) is 0.422. The molecule has 8 heteroatoms. The minimum atomic E-state index is -0.542. The SMILES string of the molecule is CC(=O)Nc1cccc(NC(=O)c2ccc(Nc3ccccc3)c([N+](=O)[O-])c2)c1. The molecule has 29 heavy (non-hydrogen) atoms. The number of hydrogen-bond acceptors (Lipinski definition) is 5. The summed E-state index contributed by atoms with van der Waals surface area (Å²) in [5, 5.41) is 19.8. The van der Waals surface area contributed by atoms with Crippen molar-refractivity contribution < 1.29 is 14.5 Å². The van der Waals surface area contributed by atoms with Crippen LogP contribution in [-0.2, 0) is 4.79 Å². The molecule has 0 aliphatic carbocycles. The van der Waals surface area contributed by atoms with Crippen molar-refractivity contribution in [3.63, 3.8) is 0 Å². The van der Waals surface area contributed by atoms with Crippen LogP contribution >= 0.6 is 0 Å². The summed E-state index contributed by atoms with van der Waals surface area (Å²) in [5.74, 6) is -0.732. The Balaban J connectivity index is 1.81. The predicted octanol–water partition coefficient (Wildman–Crippen LogP) is 4.55. The van der Waals surface area contributed by atoms with Crippen LogP contribution in [0.2, 0.25) is 0 Å². The van der Waals surface area contributed by atoms with E-state index in [0.717, 1.165) is 0 Å². The number of carbonyl (C=O) groups excluding carboxylic acids is 2. The van der Waals surface area contributed by atoms with E-state index < -0.39 is 10.8 Å². The molecule has 0 heterocycles. The van der Waals surface area contributed by atoms with Crippen LogP contribution in [0.25, 0.3) is 0 Å². The highest BCUT2D eigenvalue weighted by molar-refractivity contribution is 6.05. The van der Waals surface area contributed by atoms with Crippen molar-refractivity contribution in [3.05, 3.63) is 88.5 Å². The topological polar surface area (TPSA) is 113 Å². The molecule has 3 aromatic rings. The molecule has 146 valence electrons. The summed E-state index contributed by atoms with van der Waals surface area (Å²) in [6, 6.07) is 19.9. The molecule has 0 unspecified atom stereocenters. The number of anilines is 4. The van der Waals surface area contributed by atoms with Crippen LogP contribution in [0, 0.1) is 10.1 Å². The summed E-state index contributed by atoms with van der Waals surface area (Å²) < 4.78 is 0. The maximum absolute atomic E-state index is 12.6. The fourth-order valence-corrected chi connectivity index (χ4v) is 2.69. The highest BCUT2D eigenvalue weighted by Crippen LogP contribution is 2.29. The van der Waals surface area contributed by atoms with Gasteiger partial charge in [0.05, 0.1) is 4.92 Å². The van der Waals surface area contributed by atoms with E-state index in [-0.39, 0.29) is 22.8 Å². The molecule has 0 aliphatic rings. The van der Waals surface area contributed by atoms with E-state index in [1.54, 1.807) is 36.4 Å². The Labute approximate surface area is 166 Å². The van der Waals surface area contributed by atoms with Crippen LogP contribution in [0.5, 0.6) is 0 Å². The number of carbonyl (C=O) groups is 2. The first-order valence-corrected chi connectivity index (χ1v) is 8.72. The average molecular weight is 390 g/mol. The predicted molar refractivity (Wildman–Crippen MR) is 112 cm³/mol. The molecule has 0 saturated carbocycles. The van der Waals surface area contributed by atoms with E-state index in [4.69, 9.17) is 0 Å². The largest absolute Gasteiger partial charge is 0.350 e. The van der Waals surface area contributed by atoms with Crippen LogP contribution < -0.4 is 16.0 Å². The van der Waals surface area contributed by atoms with Gasteiger partial charge in [0.2, 0.25) is 5.91 Å². The van der Waals surface area contributed by atoms with Gasteiger partial charge in [-0.15, -0.1) is 0 Å². The molecule has 0 aromatic heterocycles. The summed E-state index contributed by atoms with van der Waals surface area (Å²) in [4.78, 5) is 34.7. The minimum Gasteiger partial charge on any atom is -0.350 e. The Morgan fingerprint density at radius 2 is 1.48 bits per heavy atom. The number of nitro benzene ring substituents is 1. The first-order valence-electron chi connectivity index (χ1n) is 8.72. The first-order chi connectivity index (χ1) is 13.9. The fourth-order valence-electron chi connectivity index (χ4n) is 2.69. The molecule has 0 bridgehead atoms. The lowest BCUT2D eigenvalue weighted by atomic mass is 10.1. The molecular weight excluding hydrogens is 372 g/mol. The summed E-state index contributed by atoms with van der Waals surface area (Å²) in [7, 11) is 0. The Morgan fingerprint density at radius 1 is 0.828 bits per heavy atom. The summed E-state index contributed by atoms with van der Waals surface area (Å²) in [5.41, 5.74) is 1.89. The van der Waals surface area contributed by atoms with E-state index in [2.05, 4.69) is 16.0 Å². The second-order valence-corrected chi connectivity index (χ2v) is 6.20. The number of benzene rings is 3. The van der Waals surface area contributed by atoms with Crippen molar-refractivity contribution >= 4 is 40.3 Å². The van der Waals surface area contributed by atoms with E-state index in [9.17, 15) is 19.7 Å². The Kier molecular flexibility index (Phi) is 5.84. The molecule has 0 aliphatic heterocycles. The minimum absolute atomic E-state index is 0.139. The smallest absolute Gasteiger partial charge is 0.293 e. The van der Waals surface area contributed by atoms with Gasteiger partial charge in [-0.05, 0) is 42.5 Å². The van der Waals surface area contributed by atoms with Gasteiger partial charge in [-0.3, -0.25) is 19.7 Å². The van der Waals surface area contributed by atoms with Crippen molar-refractivity contribution in [1.82, 2.24) is 0 Å². The molecule has 0 atom stereocenters. The molecule has 8 nitrogen and oxygen atoms in total. The zero-order valence-corrected chi connectivity index (χ0v) is 15.5. The van der Waals surface area contributed by atoms with Gasteiger partial charge in [-0.1, -0.05) is 24.3 Å². The van der Waals surface area contributed by atoms with Crippen LogP contribution in [0.3, 0.4) is 0 Å². The van der Waals surface area contributed by atoms with Gasteiger partial charge in [0.1, 0.15) is 5.69 Å². The van der Waals surface area contributed by atoms with Gasteiger partial charge in [0, 0.05) is 35.6 Å². The molecule has 0 saturated heterocycles. The Hall–Kier alpha value is -4.20. The van der Waals surface area contributed by atoms with Gasteiger partial charge in [-0.2, -0.15) is 0 Å². The normalized spacial score (nSPS) is 10.1. The number of rotatable bonds is 6. The molecule has 2 amide bonds. The van der Waals surface area contributed by atoms with E-state index in [0.29, 0.717) is 17.1 Å². The maximum atomic E-state index is 12.6. The van der Waals surface area contributed by atoms with E-state index >= 15 is 0 Å². The number of nitrogens with zero attached hydrogens (tertiary/aromatic N) is 1. The Morgan fingerprint density at radius 3 is 2.14 bits per heavy atom. The second kappa shape index (κ2) is 8.66. The second-order valence-electron chi connectivity index (χ2n) is 6.20. The van der Waals surface area contributed by atoms with Crippen LogP contribution in [0.15, 0.2) is 72.8 Å². The Bertz CT molecular complexity index is 1070. The number of amides is 2. The van der Waals surface area contributed by atoms with Crippen LogP contribution in [0.4, 0.5) is 28.4 Å². The molecular formula is C21H18N4O4. The molecule has 0 spiro atoms. The summed E-state index contributed by atoms with van der Waals surface area (Å²) in [6.45, 7) is 1.38. The molecule has 3 rings (SSSR count). The third kappa shape index (κ3) is 5.16. The van der Waals surface area contributed by atoms with Crippen molar-refractivity contribution in [2.75, 3.05) is 16.0 Å². The molecule has 3 N–H and O–H groups in total. The zero-order chi connectivity index (χ0) is 20.8.